The maximum absolute atomic E-state index is 14.5. The van der Waals surface area contributed by atoms with E-state index in [4.69, 9.17) is 4.74 Å². The molecule has 0 spiro atoms. The molecule has 0 saturated carbocycles. The molecule has 2 atom stereocenters. The van der Waals surface area contributed by atoms with Gasteiger partial charge >= 0.3 is 0 Å². The van der Waals surface area contributed by atoms with Crippen molar-refractivity contribution in [2.75, 3.05) is 18.0 Å². The van der Waals surface area contributed by atoms with Crippen LogP contribution in [0.2, 0.25) is 0 Å². The number of carbonyl (C=O) groups is 2. The van der Waals surface area contributed by atoms with Crippen molar-refractivity contribution in [3.05, 3.63) is 126 Å². The molecule has 4 rings (SSSR count). The Morgan fingerprint density at radius 1 is 0.822 bits per heavy atom. The second-order valence-electron chi connectivity index (χ2n) is 11.1. The topological polar surface area (TPSA) is 96.0 Å². The van der Waals surface area contributed by atoms with E-state index in [1.54, 1.807) is 42.5 Å². The number of anilines is 1. The van der Waals surface area contributed by atoms with Gasteiger partial charge in [0, 0.05) is 19.0 Å². The zero-order valence-electron chi connectivity index (χ0n) is 26.2. The van der Waals surface area contributed by atoms with Crippen LogP contribution in [0, 0.1) is 6.92 Å². The van der Waals surface area contributed by atoms with E-state index in [9.17, 15) is 18.0 Å². The van der Waals surface area contributed by atoms with Crippen molar-refractivity contribution in [1.29, 1.82) is 0 Å². The van der Waals surface area contributed by atoms with Gasteiger partial charge in [0.15, 0.2) is 0 Å². The maximum atomic E-state index is 14.5. The molecule has 0 aromatic heterocycles. The molecule has 2 amide bonds. The molecule has 8 nitrogen and oxygen atoms in total. The Balaban J connectivity index is 1.78. The molecule has 2 unspecified atom stereocenters. The third-order valence-electron chi connectivity index (χ3n) is 7.72. The second kappa shape index (κ2) is 15.4. The number of benzene rings is 4. The fourth-order valence-corrected chi connectivity index (χ4v) is 6.30. The minimum absolute atomic E-state index is 0.0142. The number of hydrogen-bond donors (Lipinski definition) is 1. The number of hydrogen-bond acceptors (Lipinski definition) is 5. The van der Waals surface area contributed by atoms with Crippen LogP contribution in [0.1, 0.15) is 37.0 Å². The summed E-state index contributed by atoms with van der Waals surface area (Å²) in [4.78, 5) is 29.9. The van der Waals surface area contributed by atoms with E-state index in [2.05, 4.69) is 5.32 Å². The first-order chi connectivity index (χ1) is 21.6. The molecular formula is C36H41N3O5S. The van der Waals surface area contributed by atoms with Crippen LogP contribution in [0.3, 0.4) is 0 Å². The molecule has 4 aromatic carbocycles. The lowest BCUT2D eigenvalue weighted by Gasteiger charge is -2.34. The lowest BCUT2D eigenvalue weighted by molar-refractivity contribution is -0.140. The average Bonchev–Trinajstić information content (AvgIpc) is 3.06. The predicted molar refractivity (Wildman–Crippen MR) is 178 cm³/mol. The second-order valence-corrected chi connectivity index (χ2v) is 12.9. The van der Waals surface area contributed by atoms with E-state index in [-0.39, 0.29) is 29.8 Å². The molecule has 0 aliphatic rings. The van der Waals surface area contributed by atoms with E-state index >= 15 is 0 Å². The summed E-state index contributed by atoms with van der Waals surface area (Å²) in [5, 5.41) is 3.06. The fraction of sp³-hybridized carbons (Fsp3) is 0.278. The van der Waals surface area contributed by atoms with E-state index in [0.717, 1.165) is 27.4 Å². The summed E-state index contributed by atoms with van der Waals surface area (Å²) in [5.74, 6) is -0.286. The summed E-state index contributed by atoms with van der Waals surface area (Å²) in [6, 6.07) is 30.8. The number of rotatable bonds is 14. The minimum Gasteiger partial charge on any atom is -0.497 e. The molecular weight excluding hydrogens is 586 g/mol. The summed E-state index contributed by atoms with van der Waals surface area (Å²) >= 11 is 0. The molecule has 4 aromatic rings. The SMILES string of the molecule is CCC(C)NC(=O)C(Cc1ccccc1)N(Cc1ccc(C)cc1)C(=O)CN(c1ccccc1)S(=O)(=O)c1ccc(OC)cc1. The Morgan fingerprint density at radius 3 is 2.00 bits per heavy atom. The predicted octanol–water partition coefficient (Wildman–Crippen LogP) is 5.75. The molecule has 45 heavy (non-hydrogen) atoms. The van der Waals surface area contributed by atoms with Crippen LogP contribution in [-0.4, -0.2) is 50.9 Å². The first-order valence-electron chi connectivity index (χ1n) is 15.0. The minimum atomic E-state index is -4.18. The van der Waals surface area contributed by atoms with Crippen LogP contribution in [0.5, 0.6) is 5.75 Å². The quantitative estimate of drug-likeness (QED) is 0.192. The Hall–Kier alpha value is -4.63. The Bertz CT molecular complexity index is 1640. The Morgan fingerprint density at radius 2 is 1.42 bits per heavy atom. The van der Waals surface area contributed by atoms with Crippen molar-refractivity contribution in [3.63, 3.8) is 0 Å². The molecule has 0 aliphatic heterocycles. The van der Waals surface area contributed by atoms with Crippen LogP contribution in [0.15, 0.2) is 114 Å². The summed E-state index contributed by atoms with van der Waals surface area (Å²) in [7, 11) is -2.68. The zero-order valence-corrected chi connectivity index (χ0v) is 27.0. The maximum Gasteiger partial charge on any atom is 0.264 e. The molecule has 9 heteroatoms. The fourth-order valence-electron chi connectivity index (χ4n) is 4.88. The van der Waals surface area contributed by atoms with Gasteiger partial charge in [0.05, 0.1) is 17.7 Å². The highest BCUT2D eigenvalue weighted by atomic mass is 32.2. The monoisotopic (exact) mass is 627 g/mol. The number of ether oxygens (including phenoxy) is 1. The summed E-state index contributed by atoms with van der Waals surface area (Å²) in [6.07, 6.45) is 0.981. The molecule has 236 valence electrons. The van der Waals surface area contributed by atoms with Gasteiger partial charge in [-0.1, -0.05) is 85.3 Å². The lowest BCUT2D eigenvalue weighted by atomic mass is 10.0. The zero-order chi connectivity index (χ0) is 32.4. The molecule has 0 saturated heterocycles. The van der Waals surface area contributed by atoms with Gasteiger partial charge in [0.25, 0.3) is 10.0 Å². The number of carbonyl (C=O) groups excluding carboxylic acids is 2. The van der Waals surface area contributed by atoms with Gasteiger partial charge in [-0.2, -0.15) is 0 Å². The number of para-hydroxylation sites is 1. The van der Waals surface area contributed by atoms with Gasteiger partial charge in [0.2, 0.25) is 11.8 Å². The number of amides is 2. The van der Waals surface area contributed by atoms with Gasteiger partial charge in [0.1, 0.15) is 18.3 Å². The number of sulfonamides is 1. The third-order valence-corrected chi connectivity index (χ3v) is 9.50. The summed E-state index contributed by atoms with van der Waals surface area (Å²) in [6.45, 7) is 5.49. The van der Waals surface area contributed by atoms with E-state index in [0.29, 0.717) is 11.4 Å². The van der Waals surface area contributed by atoms with Gasteiger partial charge in [-0.3, -0.25) is 13.9 Å². The highest BCUT2D eigenvalue weighted by Crippen LogP contribution is 2.26. The van der Waals surface area contributed by atoms with E-state index in [1.807, 2.05) is 75.4 Å². The van der Waals surface area contributed by atoms with Crippen molar-refractivity contribution in [1.82, 2.24) is 10.2 Å². The molecule has 1 N–H and O–H groups in total. The standard InChI is InChI=1S/C36H41N3O5S/c1-5-28(3)37-36(41)34(24-29-12-8-6-9-13-29)38(25-30-18-16-27(2)17-19-30)35(40)26-39(31-14-10-7-11-15-31)45(42,43)33-22-20-32(44-4)21-23-33/h6-23,28,34H,5,24-26H2,1-4H3,(H,37,41). The first kappa shape index (κ1) is 33.3. The third kappa shape index (κ3) is 8.73. The molecule has 0 aliphatic carbocycles. The van der Waals surface area contributed by atoms with E-state index in [1.165, 1.54) is 24.1 Å². The smallest absolute Gasteiger partial charge is 0.264 e. The molecule has 0 fully saturated rings. The highest BCUT2D eigenvalue weighted by molar-refractivity contribution is 7.92. The Labute approximate surface area is 266 Å². The largest absolute Gasteiger partial charge is 0.497 e. The van der Waals surface area contributed by atoms with Crippen molar-refractivity contribution in [2.24, 2.45) is 0 Å². The number of nitrogens with zero attached hydrogens (tertiary/aromatic N) is 2. The van der Waals surface area contributed by atoms with Crippen molar-refractivity contribution >= 4 is 27.5 Å². The van der Waals surface area contributed by atoms with Crippen LogP contribution in [0.25, 0.3) is 0 Å². The lowest BCUT2D eigenvalue weighted by Crippen LogP contribution is -2.54. The van der Waals surface area contributed by atoms with Crippen molar-refractivity contribution < 1.29 is 22.7 Å². The van der Waals surface area contributed by atoms with Crippen LogP contribution < -0.4 is 14.4 Å². The van der Waals surface area contributed by atoms with Crippen LogP contribution in [-0.2, 0) is 32.6 Å². The van der Waals surface area contributed by atoms with E-state index < -0.39 is 28.5 Å². The van der Waals surface area contributed by atoms with Crippen molar-refractivity contribution in [2.45, 2.75) is 57.1 Å². The first-order valence-corrected chi connectivity index (χ1v) is 16.5. The Kier molecular flexibility index (Phi) is 11.4. The number of aryl methyl sites for hydroxylation is 1. The van der Waals surface area contributed by atoms with Crippen LogP contribution >= 0.6 is 0 Å². The number of nitrogens with one attached hydrogen (secondary N) is 1. The molecule has 0 heterocycles. The molecule has 0 bridgehead atoms. The molecule has 0 radical (unpaired) electrons. The van der Waals surface area contributed by atoms with Crippen LogP contribution in [0.4, 0.5) is 5.69 Å². The number of methoxy groups -OCH3 is 1. The van der Waals surface area contributed by atoms with Gasteiger partial charge in [-0.15, -0.1) is 0 Å². The van der Waals surface area contributed by atoms with Gasteiger partial charge in [-0.25, -0.2) is 8.42 Å². The van der Waals surface area contributed by atoms with Crippen molar-refractivity contribution in [3.8, 4) is 5.75 Å². The van der Waals surface area contributed by atoms with Gasteiger partial charge < -0.3 is 15.0 Å². The van der Waals surface area contributed by atoms with Gasteiger partial charge in [-0.05, 0) is 67.8 Å². The normalized spacial score (nSPS) is 12.5. The summed E-state index contributed by atoms with van der Waals surface area (Å²) in [5.41, 5.74) is 3.11. The summed E-state index contributed by atoms with van der Waals surface area (Å²) < 4.78 is 34.5. The average molecular weight is 628 g/mol. The highest BCUT2D eigenvalue weighted by Gasteiger charge is 2.35.